The Kier molecular flexibility index (Phi) is 5.60. The molecule has 1 unspecified atom stereocenters. The third-order valence-corrected chi connectivity index (χ3v) is 3.53. The smallest absolute Gasteiger partial charge is 0.255 e. The zero-order chi connectivity index (χ0) is 13.1. The summed E-state index contributed by atoms with van der Waals surface area (Å²) in [6, 6.07) is 0. The predicted octanol–water partition coefficient (Wildman–Crippen LogP) is 2.11. The summed E-state index contributed by atoms with van der Waals surface area (Å²) >= 11 is 28.4. The second kappa shape index (κ2) is 6.29. The largest absolute Gasteiger partial charge is 0.329 e. The number of aromatic nitrogens is 3. The molecule has 10 heteroatoms. The maximum absolute atomic E-state index is 11.4. The minimum absolute atomic E-state index is 0.143. The molecule has 1 heterocycles. The molecule has 96 valence electrons. The number of alkyl halides is 5. The second-order valence-corrected chi connectivity index (χ2v) is 5.89. The molecule has 0 spiro atoms. The van der Waals surface area contributed by atoms with Gasteiger partial charge < -0.3 is 5.32 Å². The van der Waals surface area contributed by atoms with Gasteiger partial charge >= 0.3 is 0 Å². The van der Waals surface area contributed by atoms with Gasteiger partial charge in [-0.05, 0) is 0 Å². The van der Waals surface area contributed by atoms with E-state index in [0.717, 1.165) is 0 Å². The first-order valence-corrected chi connectivity index (χ1v) is 6.41. The topological polar surface area (TPSA) is 59.8 Å². The lowest BCUT2D eigenvalue weighted by molar-refractivity contribution is -0.120. The standard InChI is InChI=1S/C7H7Cl5N4O/c8-1-7(11,12)6(15-5(17)4(9)10)16-3-13-2-14-16/h2-4,6H,1H2,(H,15,17). The van der Waals surface area contributed by atoms with E-state index in [2.05, 4.69) is 15.4 Å². The van der Waals surface area contributed by atoms with E-state index in [-0.39, 0.29) is 5.88 Å². The monoisotopic (exact) mass is 338 g/mol. The lowest BCUT2D eigenvalue weighted by Crippen LogP contribution is -2.45. The summed E-state index contributed by atoms with van der Waals surface area (Å²) in [6.45, 7) is 0. The molecule has 1 rings (SSSR count). The third-order valence-electron chi connectivity index (χ3n) is 1.76. The summed E-state index contributed by atoms with van der Waals surface area (Å²) in [5, 5.41) is 6.24. The number of halogens is 5. The van der Waals surface area contributed by atoms with Crippen LogP contribution in [0.5, 0.6) is 0 Å². The van der Waals surface area contributed by atoms with Crippen molar-refractivity contribution in [1.82, 2.24) is 20.1 Å². The van der Waals surface area contributed by atoms with Gasteiger partial charge in [0.25, 0.3) is 5.91 Å². The third kappa shape index (κ3) is 4.03. The number of hydrogen-bond acceptors (Lipinski definition) is 3. The van der Waals surface area contributed by atoms with Gasteiger partial charge in [-0.1, -0.05) is 46.4 Å². The fourth-order valence-corrected chi connectivity index (χ4v) is 1.57. The van der Waals surface area contributed by atoms with Gasteiger partial charge in [-0.15, -0.1) is 11.6 Å². The highest BCUT2D eigenvalue weighted by Crippen LogP contribution is 2.33. The first kappa shape index (κ1) is 15.1. The van der Waals surface area contributed by atoms with Crippen LogP contribution in [0.3, 0.4) is 0 Å². The molecule has 0 aromatic carbocycles. The second-order valence-electron chi connectivity index (χ2n) is 2.98. The van der Waals surface area contributed by atoms with Crippen molar-refractivity contribution < 1.29 is 4.79 Å². The Labute approximate surface area is 122 Å². The van der Waals surface area contributed by atoms with Gasteiger partial charge in [0.2, 0.25) is 0 Å². The predicted molar refractivity (Wildman–Crippen MR) is 67.9 cm³/mol. The fourth-order valence-electron chi connectivity index (χ4n) is 0.987. The van der Waals surface area contributed by atoms with Crippen LogP contribution in [0.15, 0.2) is 12.7 Å². The molecular weight excluding hydrogens is 333 g/mol. The van der Waals surface area contributed by atoms with Crippen molar-refractivity contribution in [2.45, 2.75) is 15.3 Å². The van der Waals surface area contributed by atoms with Gasteiger partial charge in [-0.2, -0.15) is 5.10 Å². The summed E-state index contributed by atoms with van der Waals surface area (Å²) in [5.41, 5.74) is 0. The lowest BCUT2D eigenvalue weighted by Gasteiger charge is -2.28. The number of rotatable bonds is 5. The average Bonchev–Trinajstić information content (AvgIpc) is 2.78. The van der Waals surface area contributed by atoms with Crippen LogP contribution in [0.1, 0.15) is 6.17 Å². The van der Waals surface area contributed by atoms with Crippen molar-refractivity contribution in [2.75, 3.05) is 5.88 Å². The summed E-state index contributed by atoms with van der Waals surface area (Å²) in [7, 11) is 0. The number of nitrogens with one attached hydrogen (secondary N) is 1. The van der Waals surface area contributed by atoms with Crippen LogP contribution in [-0.2, 0) is 4.79 Å². The van der Waals surface area contributed by atoms with Crippen LogP contribution in [0, 0.1) is 0 Å². The highest BCUT2D eigenvalue weighted by Gasteiger charge is 2.38. The van der Waals surface area contributed by atoms with Gasteiger partial charge in [0.1, 0.15) is 12.7 Å². The summed E-state index contributed by atoms with van der Waals surface area (Å²) in [4.78, 5) is 13.9. The van der Waals surface area contributed by atoms with Gasteiger partial charge in [-0.25, -0.2) is 9.67 Å². The van der Waals surface area contributed by atoms with Crippen molar-refractivity contribution in [3.63, 3.8) is 0 Å². The Morgan fingerprint density at radius 1 is 1.47 bits per heavy atom. The number of hydrogen-bond donors (Lipinski definition) is 1. The van der Waals surface area contributed by atoms with E-state index >= 15 is 0 Å². The molecule has 0 aliphatic heterocycles. The van der Waals surface area contributed by atoms with Crippen molar-refractivity contribution >= 4 is 63.9 Å². The fraction of sp³-hybridized carbons (Fsp3) is 0.571. The van der Waals surface area contributed by atoms with Crippen LogP contribution in [0.2, 0.25) is 0 Å². The maximum Gasteiger partial charge on any atom is 0.255 e. The zero-order valence-electron chi connectivity index (χ0n) is 8.16. The maximum atomic E-state index is 11.4. The van der Waals surface area contributed by atoms with Crippen LogP contribution in [0.4, 0.5) is 0 Å². The zero-order valence-corrected chi connectivity index (χ0v) is 11.9. The molecule has 0 aliphatic carbocycles. The average molecular weight is 340 g/mol. The van der Waals surface area contributed by atoms with E-state index < -0.39 is 21.2 Å². The van der Waals surface area contributed by atoms with E-state index in [1.54, 1.807) is 0 Å². The molecule has 0 aliphatic rings. The van der Waals surface area contributed by atoms with Crippen molar-refractivity contribution in [1.29, 1.82) is 0 Å². The lowest BCUT2D eigenvalue weighted by atomic mass is 10.3. The Morgan fingerprint density at radius 2 is 2.12 bits per heavy atom. The molecule has 0 saturated carbocycles. The number of amides is 1. The molecule has 1 aromatic heterocycles. The molecule has 0 bridgehead atoms. The first-order valence-electron chi connectivity index (χ1n) is 4.25. The molecule has 0 fully saturated rings. The minimum Gasteiger partial charge on any atom is -0.329 e. The normalized spacial score (nSPS) is 13.8. The van der Waals surface area contributed by atoms with E-state index in [4.69, 9.17) is 58.0 Å². The van der Waals surface area contributed by atoms with Crippen molar-refractivity contribution in [3.8, 4) is 0 Å². The molecule has 17 heavy (non-hydrogen) atoms. The number of carbonyl (C=O) groups excluding carboxylic acids is 1. The van der Waals surface area contributed by atoms with Gasteiger partial charge in [0, 0.05) is 0 Å². The molecule has 1 atom stereocenters. The molecule has 0 saturated heterocycles. The SMILES string of the molecule is O=C(NC(n1cncn1)C(Cl)(Cl)CCl)C(Cl)Cl. The highest BCUT2D eigenvalue weighted by molar-refractivity contribution is 6.54. The Morgan fingerprint density at radius 3 is 2.53 bits per heavy atom. The van der Waals surface area contributed by atoms with E-state index in [1.807, 2.05) is 0 Å². The molecule has 1 N–H and O–H groups in total. The number of carbonyl (C=O) groups is 1. The quantitative estimate of drug-likeness (QED) is 0.835. The van der Waals surface area contributed by atoms with E-state index in [9.17, 15) is 4.79 Å². The van der Waals surface area contributed by atoms with Crippen molar-refractivity contribution in [2.24, 2.45) is 0 Å². The summed E-state index contributed by atoms with van der Waals surface area (Å²) in [6.07, 6.45) is 1.66. The van der Waals surface area contributed by atoms with Gasteiger partial charge in [0.05, 0.1) is 5.88 Å². The van der Waals surface area contributed by atoms with Crippen LogP contribution >= 0.6 is 58.0 Å². The number of nitrogens with zero attached hydrogens (tertiary/aromatic N) is 3. The van der Waals surface area contributed by atoms with Gasteiger partial charge in [0.15, 0.2) is 15.3 Å². The highest BCUT2D eigenvalue weighted by atomic mass is 35.5. The molecule has 0 radical (unpaired) electrons. The minimum atomic E-state index is -1.48. The summed E-state index contributed by atoms with van der Waals surface area (Å²) < 4.78 is -0.232. The van der Waals surface area contributed by atoms with E-state index in [0.29, 0.717) is 0 Å². The van der Waals surface area contributed by atoms with Crippen molar-refractivity contribution in [3.05, 3.63) is 12.7 Å². The molecule has 1 aromatic rings. The van der Waals surface area contributed by atoms with Crippen LogP contribution < -0.4 is 5.32 Å². The van der Waals surface area contributed by atoms with E-state index in [1.165, 1.54) is 17.3 Å². The molecular formula is C7H7Cl5N4O. The molecule has 5 nitrogen and oxygen atoms in total. The molecule has 1 amide bonds. The Bertz CT molecular complexity index is 368. The van der Waals surface area contributed by atoms with Crippen LogP contribution in [0.25, 0.3) is 0 Å². The Hall–Kier alpha value is 0.0600. The Balaban J connectivity index is 2.92. The van der Waals surface area contributed by atoms with Crippen LogP contribution in [-0.4, -0.2) is 35.7 Å². The summed E-state index contributed by atoms with van der Waals surface area (Å²) in [5.74, 6) is -0.805. The first-order chi connectivity index (χ1) is 7.88. The van der Waals surface area contributed by atoms with Gasteiger partial charge in [-0.3, -0.25) is 4.79 Å².